The van der Waals surface area contributed by atoms with Gasteiger partial charge < -0.3 is 0 Å². The molecule has 0 unspecified atom stereocenters. The molecule has 17 heavy (non-hydrogen) atoms. The third kappa shape index (κ3) is 3.45. The largest absolute Gasteiger partial charge is 0.139 e. The molecule has 1 aliphatic heterocycles. The number of unbranched alkanes of at least 4 members (excludes halogenated alkanes) is 3. The van der Waals surface area contributed by atoms with Gasteiger partial charge in [-0.3, -0.25) is 0 Å². The molecule has 1 fully saturated rings. The van der Waals surface area contributed by atoms with E-state index in [1.807, 2.05) is 0 Å². The SMILES string of the molecule is CCCCCCC1(c2ccccc2)SCCS1. The second-order valence-electron chi connectivity index (χ2n) is 4.63. The van der Waals surface area contributed by atoms with Crippen molar-refractivity contribution in [2.75, 3.05) is 11.5 Å². The quantitative estimate of drug-likeness (QED) is 0.642. The fourth-order valence-corrected chi connectivity index (χ4v) is 5.73. The highest BCUT2D eigenvalue weighted by atomic mass is 32.2. The smallest absolute Gasteiger partial charge is 0.0860 e. The molecule has 1 heterocycles. The van der Waals surface area contributed by atoms with Gasteiger partial charge in [-0.2, -0.15) is 0 Å². The molecule has 0 saturated carbocycles. The Balaban J connectivity index is 2.00. The van der Waals surface area contributed by atoms with Gasteiger partial charge in [-0.25, -0.2) is 0 Å². The predicted octanol–water partition coefficient (Wildman–Crippen LogP) is 5.29. The summed E-state index contributed by atoms with van der Waals surface area (Å²) in [5, 5.41) is 0. The minimum atomic E-state index is 0.370. The van der Waals surface area contributed by atoms with Crippen LogP contribution in [0.4, 0.5) is 0 Å². The highest BCUT2D eigenvalue weighted by Crippen LogP contribution is 2.54. The van der Waals surface area contributed by atoms with E-state index in [9.17, 15) is 0 Å². The van der Waals surface area contributed by atoms with Gasteiger partial charge in [0.1, 0.15) is 0 Å². The standard InChI is InChI=1S/C15H22S2/c1-2-3-4-8-11-15(16-12-13-17-15)14-9-6-5-7-10-14/h5-7,9-10H,2-4,8,11-13H2,1H3. The van der Waals surface area contributed by atoms with E-state index in [1.165, 1.54) is 49.2 Å². The molecule has 0 aliphatic carbocycles. The van der Waals surface area contributed by atoms with Crippen molar-refractivity contribution in [2.45, 2.75) is 43.1 Å². The summed E-state index contributed by atoms with van der Waals surface area (Å²) in [4.78, 5) is 0. The minimum Gasteiger partial charge on any atom is -0.139 e. The van der Waals surface area contributed by atoms with Crippen LogP contribution in [0.5, 0.6) is 0 Å². The first-order valence-electron chi connectivity index (χ1n) is 6.71. The number of benzene rings is 1. The molecule has 0 nitrogen and oxygen atoms in total. The second kappa shape index (κ2) is 6.75. The molecule has 0 amide bonds. The Kier molecular flexibility index (Phi) is 5.30. The van der Waals surface area contributed by atoms with E-state index in [-0.39, 0.29) is 0 Å². The van der Waals surface area contributed by atoms with Crippen molar-refractivity contribution in [3.05, 3.63) is 35.9 Å². The number of rotatable bonds is 6. The van der Waals surface area contributed by atoms with Crippen molar-refractivity contribution in [3.8, 4) is 0 Å². The van der Waals surface area contributed by atoms with Crippen LogP contribution in [0.15, 0.2) is 30.3 Å². The molecule has 0 N–H and O–H groups in total. The van der Waals surface area contributed by atoms with E-state index in [2.05, 4.69) is 60.8 Å². The van der Waals surface area contributed by atoms with Crippen LogP contribution < -0.4 is 0 Å². The molecular formula is C15H22S2. The molecule has 1 aliphatic rings. The van der Waals surface area contributed by atoms with Crippen LogP contribution >= 0.6 is 23.5 Å². The Hall–Kier alpha value is -0.0800. The Bertz CT molecular complexity index is 315. The van der Waals surface area contributed by atoms with Gasteiger partial charge in [0.25, 0.3) is 0 Å². The molecule has 0 aromatic heterocycles. The van der Waals surface area contributed by atoms with Crippen molar-refractivity contribution >= 4 is 23.5 Å². The minimum absolute atomic E-state index is 0.370. The first kappa shape index (κ1) is 13.4. The molecular weight excluding hydrogens is 244 g/mol. The predicted molar refractivity (Wildman–Crippen MR) is 81.8 cm³/mol. The Morgan fingerprint density at radius 2 is 1.71 bits per heavy atom. The maximum atomic E-state index is 2.31. The van der Waals surface area contributed by atoms with Crippen LogP contribution in [-0.2, 0) is 4.08 Å². The van der Waals surface area contributed by atoms with E-state index >= 15 is 0 Å². The van der Waals surface area contributed by atoms with Gasteiger partial charge in [0.05, 0.1) is 4.08 Å². The van der Waals surface area contributed by atoms with Crippen LogP contribution in [0, 0.1) is 0 Å². The molecule has 1 aromatic rings. The number of hydrogen-bond donors (Lipinski definition) is 0. The molecule has 0 spiro atoms. The zero-order chi connectivity index (χ0) is 12.0. The Morgan fingerprint density at radius 1 is 1.00 bits per heavy atom. The molecule has 1 saturated heterocycles. The highest BCUT2D eigenvalue weighted by molar-refractivity contribution is 8.20. The van der Waals surface area contributed by atoms with Crippen LogP contribution in [0.1, 0.15) is 44.6 Å². The van der Waals surface area contributed by atoms with E-state index in [0.717, 1.165) is 0 Å². The van der Waals surface area contributed by atoms with Gasteiger partial charge in [-0.1, -0.05) is 62.9 Å². The highest BCUT2D eigenvalue weighted by Gasteiger charge is 2.36. The fourth-order valence-electron chi connectivity index (χ4n) is 2.39. The summed E-state index contributed by atoms with van der Waals surface area (Å²) in [6.07, 6.45) is 6.83. The number of thioether (sulfide) groups is 2. The van der Waals surface area contributed by atoms with Gasteiger partial charge in [0.2, 0.25) is 0 Å². The Morgan fingerprint density at radius 3 is 2.35 bits per heavy atom. The van der Waals surface area contributed by atoms with Crippen LogP contribution in [0.2, 0.25) is 0 Å². The lowest BCUT2D eigenvalue weighted by Crippen LogP contribution is -2.14. The summed E-state index contributed by atoms with van der Waals surface area (Å²) in [5.74, 6) is 2.63. The van der Waals surface area contributed by atoms with E-state index in [4.69, 9.17) is 0 Å². The molecule has 0 radical (unpaired) electrons. The third-order valence-electron chi connectivity index (χ3n) is 3.33. The van der Waals surface area contributed by atoms with E-state index in [0.29, 0.717) is 4.08 Å². The fraction of sp³-hybridized carbons (Fsp3) is 0.600. The normalized spacial score (nSPS) is 18.4. The topological polar surface area (TPSA) is 0 Å². The maximum Gasteiger partial charge on any atom is 0.0860 e. The van der Waals surface area contributed by atoms with Crippen molar-refractivity contribution in [1.29, 1.82) is 0 Å². The van der Waals surface area contributed by atoms with Gasteiger partial charge in [-0.05, 0) is 12.0 Å². The molecule has 94 valence electrons. The van der Waals surface area contributed by atoms with Gasteiger partial charge >= 0.3 is 0 Å². The lowest BCUT2D eigenvalue weighted by atomic mass is 10.0. The van der Waals surface area contributed by atoms with Crippen molar-refractivity contribution in [1.82, 2.24) is 0 Å². The average molecular weight is 266 g/mol. The zero-order valence-corrected chi connectivity index (χ0v) is 12.3. The Labute approximate surface area is 114 Å². The first-order valence-corrected chi connectivity index (χ1v) is 8.68. The van der Waals surface area contributed by atoms with Crippen molar-refractivity contribution in [3.63, 3.8) is 0 Å². The van der Waals surface area contributed by atoms with Gasteiger partial charge in [-0.15, -0.1) is 23.5 Å². The van der Waals surface area contributed by atoms with Crippen molar-refractivity contribution in [2.24, 2.45) is 0 Å². The van der Waals surface area contributed by atoms with Crippen LogP contribution in [-0.4, -0.2) is 11.5 Å². The summed E-state index contributed by atoms with van der Waals surface area (Å²) in [6, 6.07) is 11.1. The van der Waals surface area contributed by atoms with E-state index in [1.54, 1.807) is 0 Å². The summed E-state index contributed by atoms with van der Waals surface area (Å²) in [6.45, 7) is 2.28. The summed E-state index contributed by atoms with van der Waals surface area (Å²) in [7, 11) is 0. The number of hydrogen-bond acceptors (Lipinski definition) is 2. The molecule has 0 atom stereocenters. The molecule has 2 heteroatoms. The van der Waals surface area contributed by atoms with E-state index < -0.39 is 0 Å². The molecule has 1 aromatic carbocycles. The summed E-state index contributed by atoms with van der Waals surface area (Å²) >= 11 is 4.33. The van der Waals surface area contributed by atoms with Crippen LogP contribution in [0.3, 0.4) is 0 Å². The maximum absolute atomic E-state index is 2.31. The molecule has 2 rings (SSSR count). The monoisotopic (exact) mass is 266 g/mol. The first-order chi connectivity index (χ1) is 8.37. The second-order valence-corrected chi connectivity index (χ2v) is 7.67. The lowest BCUT2D eigenvalue weighted by molar-refractivity contribution is 0.612. The third-order valence-corrected chi connectivity index (χ3v) is 6.92. The van der Waals surface area contributed by atoms with Gasteiger partial charge in [0, 0.05) is 11.5 Å². The van der Waals surface area contributed by atoms with Crippen LogP contribution in [0.25, 0.3) is 0 Å². The summed E-state index contributed by atoms with van der Waals surface area (Å²) in [5.41, 5.74) is 1.53. The van der Waals surface area contributed by atoms with Crippen molar-refractivity contribution < 1.29 is 0 Å². The summed E-state index contributed by atoms with van der Waals surface area (Å²) < 4.78 is 0.370. The lowest BCUT2D eigenvalue weighted by Gasteiger charge is -2.28. The molecule has 0 bridgehead atoms. The van der Waals surface area contributed by atoms with Gasteiger partial charge in [0.15, 0.2) is 0 Å². The zero-order valence-electron chi connectivity index (χ0n) is 10.7. The average Bonchev–Trinajstić information content (AvgIpc) is 2.86.